The summed E-state index contributed by atoms with van der Waals surface area (Å²) in [4.78, 5) is 12.0. The fourth-order valence-corrected chi connectivity index (χ4v) is 1.96. The van der Waals surface area contributed by atoms with Crippen LogP contribution in [0.4, 0.5) is 0 Å². The summed E-state index contributed by atoms with van der Waals surface area (Å²) in [6.07, 6.45) is 0.885. The number of ether oxygens (including phenoxy) is 2. The molecule has 1 unspecified atom stereocenters. The van der Waals surface area contributed by atoms with Crippen molar-refractivity contribution in [2.24, 2.45) is 0 Å². The van der Waals surface area contributed by atoms with E-state index in [0.29, 0.717) is 21.5 Å². The maximum absolute atomic E-state index is 12.0. The Kier molecular flexibility index (Phi) is 5.47. The zero-order chi connectivity index (χ0) is 13.7. The molecular formula is C13H18BrNO3. The number of halogens is 1. The van der Waals surface area contributed by atoms with Crippen molar-refractivity contribution < 1.29 is 14.3 Å². The standard InChI is InChI=1S/C13H18BrNO3/c1-5-8(2)15-13(16)9-6-10(17-3)12(14)11(7-9)18-4/h6-8H,5H2,1-4H3,(H,15,16). The minimum absolute atomic E-state index is 0.131. The quantitative estimate of drug-likeness (QED) is 0.908. The maximum atomic E-state index is 12.0. The summed E-state index contributed by atoms with van der Waals surface area (Å²) >= 11 is 3.37. The number of rotatable bonds is 5. The van der Waals surface area contributed by atoms with E-state index in [2.05, 4.69) is 21.2 Å². The third-order valence-electron chi connectivity index (χ3n) is 2.70. The van der Waals surface area contributed by atoms with Crippen molar-refractivity contribution in [1.29, 1.82) is 0 Å². The van der Waals surface area contributed by atoms with Gasteiger partial charge in [-0.25, -0.2) is 0 Å². The second-order valence-electron chi connectivity index (χ2n) is 3.98. The molecule has 0 saturated carbocycles. The summed E-state index contributed by atoms with van der Waals surface area (Å²) in [6, 6.07) is 3.51. The lowest BCUT2D eigenvalue weighted by Crippen LogP contribution is -2.31. The van der Waals surface area contributed by atoms with Crippen molar-refractivity contribution >= 4 is 21.8 Å². The van der Waals surface area contributed by atoms with E-state index in [1.165, 1.54) is 0 Å². The third kappa shape index (κ3) is 3.38. The minimum Gasteiger partial charge on any atom is -0.495 e. The van der Waals surface area contributed by atoms with E-state index < -0.39 is 0 Å². The molecule has 100 valence electrons. The Bertz CT molecular complexity index is 409. The molecule has 0 bridgehead atoms. The number of hydrogen-bond acceptors (Lipinski definition) is 3. The van der Waals surface area contributed by atoms with Gasteiger partial charge in [-0.3, -0.25) is 4.79 Å². The molecule has 0 radical (unpaired) electrons. The van der Waals surface area contributed by atoms with E-state index in [-0.39, 0.29) is 11.9 Å². The molecule has 0 aliphatic rings. The molecule has 1 rings (SSSR count). The molecule has 1 aromatic carbocycles. The van der Waals surface area contributed by atoms with Gasteiger partial charge in [-0.15, -0.1) is 0 Å². The lowest BCUT2D eigenvalue weighted by molar-refractivity contribution is 0.0938. The molecule has 1 N–H and O–H groups in total. The normalized spacial score (nSPS) is 11.8. The second-order valence-corrected chi connectivity index (χ2v) is 4.77. The van der Waals surface area contributed by atoms with Gasteiger partial charge >= 0.3 is 0 Å². The third-order valence-corrected chi connectivity index (χ3v) is 3.48. The van der Waals surface area contributed by atoms with Crippen LogP contribution in [-0.2, 0) is 0 Å². The summed E-state index contributed by atoms with van der Waals surface area (Å²) in [5, 5.41) is 2.90. The highest BCUT2D eigenvalue weighted by atomic mass is 79.9. The molecule has 0 fully saturated rings. The SMILES string of the molecule is CCC(C)NC(=O)c1cc(OC)c(Br)c(OC)c1. The van der Waals surface area contributed by atoms with Crippen LogP contribution in [0.25, 0.3) is 0 Å². The van der Waals surface area contributed by atoms with Crippen LogP contribution in [0.5, 0.6) is 11.5 Å². The lowest BCUT2D eigenvalue weighted by atomic mass is 10.1. The van der Waals surface area contributed by atoms with Crippen LogP contribution >= 0.6 is 15.9 Å². The van der Waals surface area contributed by atoms with E-state index in [0.717, 1.165) is 6.42 Å². The number of methoxy groups -OCH3 is 2. The fourth-order valence-electron chi connectivity index (χ4n) is 1.41. The molecule has 1 aromatic rings. The molecule has 1 amide bonds. The van der Waals surface area contributed by atoms with Gasteiger partial charge in [-0.2, -0.15) is 0 Å². The molecule has 0 spiro atoms. The molecule has 0 aliphatic heterocycles. The average Bonchev–Trinajstić information content (AvgIpc) is 2.38. The Labute approximate surface area is 116 Å². The van der Waals surface area contributed by atoms with Crippen LogP contribution in [0.15, 0.2) is 16.6 Å². The first-order valence-electron chi connectivity index (χ1n) is 5.75. The van der Waals surface area contributed by atoms with E-state index in [1.54, 1.807) is 26.4 Å². The summed E-state index contributed by atoms with van der Waals surface area (Å²) in [6.45, 7) is 3.99. The molecule has 0 heterocycles. The number of carbonyl (C=O) groups is 1. The fraction of sp³-hybridized carbons (Fsp3) is 0.462. The summed E-state index contributed by atoms with van der Waals surface area (Å²) in [5.74, 6) is 1.01. The predicted octanol–water partition coefficient (Wildman–Crippen LogP) is 2.99. The van der Waals surface area contributed by atoms with Crippen LogP contribution in [0.2, 0.25) is 0 Å². The van der Waals surface area contributed by atoms with Gasteiger partial charge in [0.1, 0.15) is 16.0 Å². The van der Waals surface area contributed by atoms with Crippen LogP contribution in [0.3, 0.4) is 0 Å². The number of nitrogens with one attached hydrogen (secondary N) is 1. The van der Waals surface area contributed by atoms with Crippen molar-refractivity contribution in [3.63, 3.8) is 0 Å². The van der Waals surface area contributed by atoms with Crippen molar-refractivity contribution in [3.05, 3.63) is 22.2 Å². The van der Waals surface area contributed by atoms with Crippen molar-refractivity contribution in [3.8, 4) is 11.5 Å². The largest absolute Gasteiger partial charge is 0.495 e. The smallest absolute Gasteiger partial charge is 0.251 e. The highest BCUT2D eigenvalue weighted by Crippen LogP contribution is 2.35. The summed E-state index contributed by atoms with van der Waals surface area (Å²) in [7, 11) is 3.10. The topological polar surface area (TPSA) is 47.6 Å². The Morgan fingerprint density at radius 1 is 1.33 bits per heavy atom. The van der Waals surface area contributed by atoms with E-state index in [9.17, 15) is 4.79 Å². The van der Waals surface area contributed by atoms with Gasteiger partial charge in [0.2, 0.25) is 0 Å². The Morgan fingerprint density at radius 2 is 1.83 bits per heavy atom. The van der Waals surface area contributed by atoms with Gasteiger partial charge in [-0.05, 0) is 41.4 Å². The molecule has 4 nitrogen and oxygen atoms in total. The number of amides is 1. The maximum Gasteiger partial charge on any atom is 0.251 e. The van der Waals surface area contributed by atoms with E-state index in [4.69, 9.17) is 9.47 Å². The van der Waals surface area contributed by atoms with E-state index in [1.807, 2.05) is 13.8 Å². The highest BCUT2D eigenvalue weighted by Gasteiger charge is 2.15. The molecule has 0 saturated heterocycles. The number of benzene rings is 1. The Balaban J connectivity index is 3.05. The van der Waals surface area contributed by atoms with Crippen molar-refractivity contribution in [2.75, 3.05) is 14.2 Å². The first-order chi connectivity index (χ1) is 8.53. The lowest BCUT2D eigenvalue weighted by Gasteiger charge is -2.14. The second kappa shape index (κ2) is 6.64. The highest BCUT2D eigenvalue weighted by molar-refractivity contribution is 9.10. The van der Waals surface area contributed by atoms with Crippen molar-refractivity contribution in [1.82, 2.24) is 5.32 Å². The number of carbonyl (C=O) groups excluding carboxylic acids is 1. The van der Waals surface area contributed by atoms with Gasteiger partial charge in [0.05, 0.1) is 14.2 Å². The minimum atomic E-state index is -0.131. The van der Waals surface area contributed by atoms with Crippen LogP contribution in [-0.4, -0.2) is 26.2 Å². The van der Waals surface area contributed by atoms with E-state index >= 15 is 0 Å². The molecule has 0 aliphatic carbocycles. The molecule has 5 heteroatoms. The summed E-state index contributed by atoms with van der Waals surface area (Å²) in [5.41, 5.74) is 0.521. The van der Waals surface area contributed by atoms with Gasteiger partial charge in [0.25, 0.3) is 5.91 Å². The summed E-state index contributed by atoms with van der Waals surface area (Å²) < 4.78 is 11.1. The number of hydrogen-bond donors (Lipinski definition) is 1. The monoisotopic (exact) mass is 315 g/mol. The molecule has 18 heavy (non-hydrogen) atoms. The molecule has 0 aromatic heterocycles. The zero-order valence-corrected chi connectivity index (χ0v) is 12.6. The molecule has 1 atom stereocenters. The van der Waals surface area contributed by atoms with Crippen LogP contribution in [0, 0.1) is 0 Å². The predicted molar refractivity (Wildman–Crippen MR) is 74.5 cm³/mol. The first kappa shape index (κ1) is 14.8. The van der Waals surface area contributed by atoms with Gasteiger partial charge in [0.15, 0.2) is 0 Å². The average molecular weight is 316 g/mol. The van der Waals surface area contributed by atoms with Gasteiger partial charge < -0.3 is 14.8 Å². The zero-order valence-electron chi connectivity index (χ0n) is 11.0. The van der Waals surface area contributed by atoms with Crippen LogP contribution < -0.4 is 14.8 Å². The van der Waals surface area contributed by atoms with Gasteiger partial charge in [0, 0.05) is 11.6 Å². The van der Waals surface area contributed by atoms with Crippen molar-refractivity contribution in [2.45, 2.75) is 26.3 Å². The Morgan fingerprint density at radius 3 is 2.22 bits per heavy atom. The Hall–Kier alpha value is -1.23. The van der Waals surface area contributed by atoms with Gasteiger partial charge in [-0.1, -0.05) is 6.92 Å². The van der Waals surface area contributed by atoms with Crippen LogP contribution in [0.1, 0.15) is 30.6 Å². The molecular weight excluding hydrogens is 298 g/mol. The first-order valence-corrected chi connectivity index (χ1v) is 6.55.